The van der Waals surface area contributed by atoms with Gasteiger partial charge in [0.05, 0.1) is 23.0 Å². The van der Waals surface area contributed by atoms with Gasteiger partial charge in [0.1, 0.15) is 0 Å². The van der Waals surface area contributed by atoms with Gasteiger partial charge in [-0.1, -0.05) is 55.0 Å². The second-order valence-electron chi connectivity index (χ2n) is 12.4. The first-order chi connectivity index (χ1) is 22.4. The van der Waals surface area contributed by atoms with Crippen LogP contribution in [0, 0.1) is 0 Å². The fourth-order valence-corrected chi connectivity index (χ4v) is 6.54. The van der Waals surface area contributed by atoms with Crippen molar-refractivity contribution in [3.8, 4) is 5.88 Å². The second kappa shape index (κ2) is 12.7. The number of carbonyl (C=O) groups is 1. The van der Waals surface area contributed by atoms with Gasteiger partial charge in [-0.15, -0.1) is 0 Å². The number of nitrogens with one attached hydrogen (secondary N) is 2. The highest BCUT2D eigenvalue weighted by atomic mass is 16.3. The van der Waals surface area contributed by atoms with Crippen molar-refractivity contribution in [3.63, 3.8) is 0 Å². The van der Waals surface area contributed by atoms with Crippen molar-refractivity contribution in [3.05, 3.63) is 131 Å². The molecule has 1 saturated heterocycles. The number of piperidine rings is 1. The van der Waals surface area contributed by atoms with Gasteiger partial charge in [0.25, 0.3) is 5.91 Å². The Morgan fingerprint density at radius 2 is 1.67 bits per heavy atom. The average Bonchev–Trinajstić information content (AvgIpc) is 3.62. The molecule has 0 spiro atoms. The molecule has 232 valence electrons. The van der Waals surface area contributed by atoms with E-state index in [9.17, 15) is 9.90 Å². The fraction of sp³-hybridized carbons (Fsp3) is 0.231. The van der Waals surface area contributed by atoms with Gasteiger partial charge in [-0.05, 0) is 92.5 Å². The third-order valence-corrected chi connectivity index (χ3v) is 9.12. The standard InChI is InChI=1S/C39H39N5O2/c1-26(28-9-5-3-6-10-28)40-38(45)31-13-17-34-33(24-31)36(39(46)42-34)37(30-14-18-35-29(23-30)19-22-43(35)2)41-32-15-11-27(12-16-32)25-44-20-7-4-8-21-44/h3,5-6,9-19,22-24,26,42,46H,4,7-8,20-21,25H2,1-2H3,(H,40,45)/t26-/m1/s1. The molecule has 1 aliphatic rings. The van der Waals surface area contributed by atoms with E-state index in [0.29, 0.717) is 16.8 Å². The third kappa shape index (κ3) is 6.06. The van der Waals surface area contributed by atoms with E-state index in [4.69, 9.17) is 4.99 Å². The predicted octanol–water partition coefficient (Wildman–Crippen LogP) is 8.01. The van der Waals surface area contributed by atoms with Gasteiger partial charge in [0.15, 0.2) is 5.88 Å². The number of aromatic nitrogens is 2. The molecular weight excluding hydrogens is 570 g/mol. The molecule has 3 heterocycles. The van der Waals surface area contributed by atoms with Crippen molar-refractivity contribution < 1.29 is 9.90 Å². The summed E-state index contributed by atoms with van der Waals surface area (Å²) >= 11 is 0. The Kier molecular flexibility index (Phi) is 8.16. The van der Waals surface area contributed by atoms with E-state index in [2.05, 4.69) is 62.2 Å². The molecule has 0 radical (unpaired) electrons. The van der Waals surface area contributed by atoms with Gasteiger partial charge < -0.3 is 20.0 Å². The second-order valence-corrected chi connectivity index (χ2v) is 12.4. The lowest BCUT2D eigenvalue weighted by atomic mass is 9.98. The highest BCUT2D eigenvalue weighted by molar-refractivity contribution is 6.23. The number of hydrogen-bond acceptors (Lipinski definition) is 4. The van der Waals surface area contributed by atoms with E-state index >= 15 is 0 Å². The van der Waals surface area contributed by atoms with Gasteiger partial charge in [-0.25, -0.2) is 4.99 Å². The van der Waals surface area contributed by atoms with E-state index in [-0.39, 0.29) is 17.8 Å². The van der Waals surface area contributed by atoms with Crippen LogP contribution in [0.5, 0.6) is 5.88 Å². The summed E-state index contributed by atoms with van der Waals surface area (Å²) in [6.07, 6.45) is 5.89. The SMILES string of the molecule is C[C@@H](NC(=O)c1ccc2[nH]c(O)c(C(=Nc3ccc(CN4CCCCC4)cc3)c3ccc4c(ccn4C)c3)c2c1)c1ccccc1. The average molecular weight is 610 g/mol. The van der Waals surface area contributed by atoms with Gasteiger partial charge in [0, 0.05) is 52.7 Å². The third-order valence-electron chi connectivity index (χ3n) is 9.12. The highest BCUT2D eigenvalue weighted by Crippen LogP contribution is 2.33. The molecule has 7 nitrogen and oxygen atoms in total. The van der Waals surface area contributed by atoms with Crippen LogP contribution in [0.25, 0.3) is 21.8 Å². The quantitative estimate of drug-likeness (QED) is 0.153. The normalized spacial score (nSPS) is 15.0. The molecule has 3 N–H and O–H groups in total. The number of hydrogen-bond donors (Lipinski definition) is 3. The maximum atomic E-state index is 13.4. The van der Waals surface area contributed by atoms with Crippen LogP contribution in [0.2, 0.25) is 0 Å². The number of aromatic amines is 1. The molecule has 7 heteroatoms. The zero-order chi connectivity index (χ0) is 31.6. The van der Waals surface area contributed by atoms with Crippen molar-refractivity contribution in [1.82, 2.24) is 19.8 Å². The van der Waals surface area contributed by atoms with Crippen LogP contribution in [0.3, 0.4) is 0 Å². The van der Waals surface area contributed by atoms with Crippen LogP contribution in [0.15, 0.2) is 108 Å². The number of benzene rings is 4. The van der Waals surface area contributed by atoms with Crippen molar-refractivity contribution in [2.75, 3.05) is 13.1 Å². The topological polar surface area (TPSA) is 85.7 Å². The summed E-state index contributed by atoms with van der Waals surface area (Å²) in [5, 5.41) is 16.3. The number of amides is 1. The number of fused-ring (bicyclic) bond motifs is 2. The van der Waals surface area contributed by atoms with Crippen LogP contribution in [-0.2, 0) is 13.6 Å². The molecular formula is C39H39N5O2. The summed E-state index contributed by atoms with van der Waals surface area (Å²) in [6.45, 7) is 5.22. The lowest BCUT2D eigenvalue weighted by Crippen LogP contribution is -2.28. The molecule has 0 unspecified atom stereocenters. The van der Waals surface area contributed by atoms with Crippen LogP contribution in [-0.4, -0.2) is 44.3 Å². The first-order valence-corrected chi connectivity index (χ1v) is 16.1. The number of nitrogens with zero attached hydrogens (tertiary/aromatic N) is 3. The molecule has 0 saturated carbocycles. The highest BCUT2D eigenvalue weighted by Gasteiger charge is 2.21. The first kappa shape index (κ1) is 29.6. The Labute approximate surface area is 269 Å². The molecule has 0 aliphatic carbocycles. The lowest BCUT2D eigenvalue weighted by molar-refractivity contribution is 0.0940. The molecule has 0 bridgehead atoms. The van der Waals surface area contributed by atoms with Gasteiger partial charge in [-0.3, -0.25) is 9.69 Å². The summed E-state index contributed by atoms with van der Waals surface area (Å²) in [5.41, 5.74) is 7.51. The molecule has 1 atom stereocenters. The zero-order valence-electron chi connectivity index (χ0n) is 26.3. The fourth-order valence-electron chi connectivity index (χ4n) is 6.54. The minimum Gasteiger partial charge on any atom is -0.494 e. The minimum atomic E-state index is -0.182. The number of aromatic hydroxyl groups is 1. The maximum absolute atomic E-state index is 13.4. The van der Waals surface area contributed by atoms with Crippen molar-refractivity contribution in [2.45, 2.75) is 38.8 Å². The predicted molar refractivity (Wildman–Crippen MR) is 186 cm³/mol. The Morgan fingerprint density at radius 3 is 2.46 bits per heavy atom. The molecule has 7 rings (SSSR count). The summed E-state index contributed by atoms with van der Waals surface area (Å²) in [6, 6.07) is 31.9. The molecule has 1 fully saturated rings. The Hall–Kier alpha value is -5.14. The Morgan fingerprint density at radius 1 is 0.913 bits per heavy atom. The number of aryl methyl sites for hydroxylation is 1. The van der Waals surface area contributed by atoms with Crippen molar-refractivity contribution >= 4 is 39.1 Å². The van der Waals surface area contributed by atoms with E-state index in [1.165, 1.54) is 24.8 Å². The van der Waals surface area contributed by atoms with Crippen LogP contribution in [0.1, 0.15) is 64.8 Å². The smallest absolute Gasteiger partial charge is 0.251 e. The minimum absolute atomic E-state index is 0.0128. The number of carbonyl (C=O) groups excluding carboxylic acids is 1. The molecule has 2 aromatic heterocycles. The molecule has 46 heavy (non-hydrogen) atoms. The van der Waals surface area contributed by atoms with Crippen LogP contribution < -0.4 is 5.32 Å². The van der Waals surface area contributed by atoms with Crippen LogP contribution >= 0.6 is 0 Å². The molecule has 1 amide bonds. The monoisotopic (exact) mass is 609 g/mol. The van der Waals surface area contributed by atoms with E-state index in [1.54, 1.807) is 6.07 Å². The lowest BCUT2D eigenvalue weighted by Gasteiger charge is -2.26. The summed E-state index contributed by atoms with van der Waals surface area (Å²) in [5.74, 6) is -0.169. The number of rotatable bonds is 8. The summed E-state index contributed by atoms with van der Waals surface area (Å²) in [7, 11) is 2.03. The van der Waals surface area contributed by atoms with Crippen molar-refractivity contribution in [2.24, 2.45) is 12.0 Å². The largest absolute Gasteiger partial charge is 0.494 e. The molecule has 4 aromatic carbocycles. The number of likely N-dealkylation sites (tertiary alicyclic amines) is 1. The van der Waals surface area contributed by atoms with Gasteiger partial charge in [-0.2, -0.15) is 0 Å². The number of aliphatic imine (C=N–C) groups is 1. The van der Waals surface area contributed by atoms with Crippen molar-refractivity contribution in [1.29, 1.82) is 0 Å². The Bertz CT molecular complexity index is 2030. The maximum Gasteiger partial charge on any atom is 0.251 e. The van der Waals surface area contributed by atoms with E-state index < -0.39 is 0 Å². The zero-order valence-corrected chi connectivity index (χ0v) is 26.3. The molecule has 6 aromatic rings. The molecule has 1 aliphatic heterocycles. The summed E-state index contributed by atoms with van der Waals surface area (Å²) in [4.78, 5) is 24.2. The van der Waals surface area contributed by atoms with Gasteiger partial charge in [0.2, 0.25) is 0 Å². The summed E-state index contributed by atoms with van der Waals surface area (Å²) < 4.78 is 2.08. The first-order valence-electron chi connectivity index (χ1n) is 16.1. The number of H-pyrrole nitrogens is 1. The Balaban J connectivity index is 1.28. The van der Waals surface area contributed by atoms with E-state index in [0.717, 1.165) is 58.3 Å². The van der Waals surface area contributed by atoms with Crippen LogP contribution in [0.4, 0.5) is 5.69 Å². The van der Waals surface area contributed by atoms with E-state index in [1.807, 2.05) is 68.7 Å². The van der Waals surface area contributed by atoms with Gasteiger partial charge >= 0.3 is 0 Å².